The van der Waals surface area contributed by atoms with Gasteiger partial charge in [-0.15, -0.1) is 0 Å². The highest BCUT2D eigenvalue weighted by atomic mass is 79.9. The number of fused-ring (bicyclic) bond motifs is 1. The van der Waals surface area contributed by atoms with E-state index >= 15 is 0 Å². The van der Waals surface area contributed by atoms with E-state index in [9.17, 15) is 9.90 Å². The van der Waals surface area contributed by atoms with Gasteiger partial charge in [0.2, 0.25) is 0 Å². The molecule has 0 aliphatic carbocycles. The molecule has 0 atom stereocenters. The maximum Gasteiger partial charge on any atom is 0.323 e. The van der Waals surface area contributed by atoms with Crippen LogP contribution in [0.15, 0.2) is 44.6 Å². The molecular weight excluding hydrogens is 350 g/mol. The predicted molar refractivity (Wildman–Crippen MR) is 88.5 cm³/mol. The van der Waals surface area contributed by atoms with Gasteiger partial charge in [-0.05, 0) is 46.3 Å². The third kappa shape index (κ3) is 2.62. The maximum absolute atomic E-state index is 11.2. The SMILES string of the molecule is COc1ccc(Br)c(C=Nc2ccc3[nH]c(=O)[nH]c3c2)c1O. The van der Waals surface area contributed by atoms with E-state index in [1.165, 1.54) is 13.3 Å². The minimum absolute atomic E-state index is 0.0109. The number of imidazole rings is 1. The molecule has 2 aromatic carbocycles. The number of aromatic nitrogens is 2. The summed E-state index contributed by atoms with van der Waals surface area (Å²) in [4.78, 5) is 20.9. The summed E-state index contributed by atoms with van der Waals surface area (Å²) in [5, 5.41) is 10.1. The van der Waals surface area contributed by atoms with Crippen LogP contribution in [0.3, 0.4) is 0 Å². The molecule has 22 heavy (non-hydrogen) atoms. The highest BCUT2D eigenvalue weighted by molar-refractivity contribution is 9.10. The molecule has 0 spiro atoms. The second kappa shape index (κ2) is 5.69. The van der Waals surface area contributed by atoms with Crippen molar-refractivity contribution in [2.24, 2.45) is 4.99 Å². The third-order valence-electron chi connectivity index (χ3n) is 3.19. The lowest BCUT2D eigenvalue weighted by molar-refractivity contribution is 0.373. The van der Waals surface area contributed by atoms with E-state index in [0.717, 1.165) is 0 Å². The van der Waals surface area contributed by atoms with Crippen LogP contribution in [0, 0.1) is 0 Å². The Bertz CT molecular complexity index is 927. The second-order valence-electron chi connectivity index (χ2n) is 4.58. The monoisotopic (exact) mass is 361 g/mol. The zero-order valence-corrected chi connectivity index (χ0v) is 13.1. The number of aromatic amines is 2. The minimum Gasteiger partial charge on any atom is -0.504 e. The van der Waals surface area contributed by atoms with Crippen LogP contribution in [0.2, 0.25) is 0 Å². The Hall–Kier alpha value is -2.54. The molecule has 0 amide bonds. The molecule has 0 radical (unpaired) electrons. The summed E-state index contributed by atoms with van der Waals surface area (Å²) in [6.45, 7) is 0. The van der Waals surface area contributed by atoms with Gasteiger partial charge < -0.3 is 19.8 Å². The van der Waals surface area contributed by atoms with Crippen molar-refractivity contribution in [2.45, 2.75) is 0 Å². The summed E-state index contributed by atoms with van der Waals surface area (Å²) in [5.41, 5.74) is 2.30. The summed E-state index contributed by atoms with van der Waals surface area (Å²) >= 11 is 3.37. The van der Waals surface area contributed by atoms with Gasteiger partial charge in [0.05, 0.1) is 29.4 Å². The van der Waals surface area contributed by atoms with Crippen molar-refractivity contribution in [1.29, 1.82) is 0 Å². The van der Waals surface area contributed by atoms with Crippen molar-refractivity contribution in [3.63, 3.8) is 0 Å². The fourth-order valence-corrected chi connectivity index (χ4v) is 2.51. The number of hydrogen-bond donors (Lipinski definition) is 3. The first-order valence-corrected chi connectivity index (χ1v) is 7.19. The second-order valence-corrected chi connectivity index (χ2v) is 5.43. The fraction of sp³-hybridized carbons (Fsp3) is 0.0667. The van der Waals surface area contributed by atoms with Crippen LogP contribution in [0.4, 0.5) is 5.69 Å². The van der Waals surface area contributed by atoms with Gasteiger partial charge in [0, 0.05) is 10.7 Å². The van der Waals surface area contributed by atoms with E-state index in [1.54, 1.807) is 30.3 Å². The smallest absolute Gasteiger partial charge is 0.323 e. The molecule has 1 aromatic heterocycles. The number of nitrogens with one attached hydrogen (secondary N) is 2. The Morgan fingerprint density at radius 3 is 2.77 bits per heavy atom. The molecule has 3 N–H and O–H groups in total. The molecule has 0 fully saturated rings. The first kappa shape index (κ1) is 14.4. The number of H-pyrrole nitrogens is 2. The molecule has 3 rings (SSSR count). The lowest BCUT2D eigenvalue weighted by Gasteiger charge is -2.07. The number of nitrogens with zero attached hydrogens (tertiary/aromatic N) is 1. The highest BCUT2D eigenvalue weighted by Gasteiger charge is 2.10. The molecule has 0 saturated heterocycles. The number of hydrogen-bond acceptors (Lipinski definition) is 4. The van der Waals surface area contributed by atoms with Crippen LogP contribution in [0.1, 0.15) is 5.56 Å². The molecule has 7 heteroatoms. The van der Waals surface area contributed by atoms with Crippen LogP contribution >= 0.6 is 15.9 Å². The van der Waals surface area contributed by atoms with Gasteiger partial charge in [-0.25, -0.2) is 4.79 Å². The minimum atomic E-state index is -0.260. The van der Waals surface area contributed by atoms with Crippen LogP contribution in [-0.4, -0.2) is 28.4 Å². The lowest BCUT2D eigenvalue weighted by Crippen LogP contribution is -1.99. The van der Waals surface area contributed by atoms with E-state index < -0.39 is 0 Å². The Kier molecular flexibility index (Phi) is 3.72. The average molecular weight is 362 g/mol. The topological polar surface area (TPSA) is 90.5 Å². The number of rotatable bonds is 3. The molecule has 112 valence electrons. The molecule has 1 heterocycles. The largest absolute Gasteiger partial charge is 0.504 e. The number of aliphatic imine (C=N–C) groups is 1. The summed E-state index contributed by atoms with van der Waals surface area (Å²) in [6.07, 6.45) is 1.54. The highest BCUT2D eigenvalue weighted by Crippen LogP contribution is 2.34. The van der Waals surface area contributed by atoms with E-state index in [-0.39, 0.29) is 11.4 Å². The van der Waals surface area contributed by atoms with Crippen LogP contribution in [0.5, 0.6) is 11.5 Å². The fourth-order valence-electron chi connectivity index (χ4n) is 2.09. The predicted octanol–water partition coefficient (Wildman–Crippen LogP) is 3.08. The average Bonchev–Trinajstić information content (AvgIpc) is 2.86. The molecule has 3 aromatic rings. The Morgan fingerprint density at radius 2 is 2.00 bits per heavy atom. The van der Waals surface area contributed by atoms with Crippen molar-refractivity contribution in [3.8, 4) is 11.5 Å². The van der Waals surface area contributed by atoms with Crippen molar-refractivity contribution in [1.82, 2.24) is 9.97 Å². The number of ether oxygens (including phenoxy) is 1. The first-order valence-electron chi connectivity index (χ1n) is 6.40. The number of phenolic OH excluding ortho intramolecular Hbond substituents is 1. The van der Waals surface area contributed by atoms with Gasteiger partial charge in [0.1, 0.15) is 0 Å². The first-order chi connectivity index (χ1) is 10.6. The van der Waals surface area contributed by atoms with Crippen molar-refractivity contribution >= 4 is 38.9 Å². The van der Waals surface area contributed by atoms with Gasteiger partial charge >= 0.3 is 5.69 Å². The van der Waals surface area contributed by atoms with E-state index in [1.807, 2.05) is 0 Å². The summed E-state index contributed by atoms with van der Waals surface area (Å²) in [7, 11) is 1.49. The van der Waals surface area contributed by atoms with Gasteiger partial charge in [0.25, 0.3) is 0 Å². The molecule has 0 aliphatic heterocycles. The van der Waals surface area contributed by atoms with E-state index in [4.69, 9.17) is 4.74 Å². The van der Waals surface area contributed by atoms with Crippen LogP contribution < -0.4 is 10.4 Å². The van der Waals surface area contributed by atoms with Crippen LogP contribution in [-0.2, 0) is 0 Å². The normalized spacial score (nSPS) is 11.4. The van der Waals surface area contributed by atoms with Gasteiger partial charge in [-0.2, -0.15) is 0 Å². The molecule has 0 aliphatic rings. The van der Waals surface area contributed by atoms with E-state index in [2.05, 4.69) is 30.9 Å². The Balaban J connectivity index is 2.00. The van der Waals surface area contributed by atoms with Gasteiger partial charge in [-0.1, -0.05) is 0 Å². The zero-order valence-electron chi connectivity index (χ0n) is 11.6. The van der Waals surface area contributed by atoms with Crippen LogP contribution in [0.25, 0.3) is 11.0 Å². The summed E-state index contributed by atoms with van der Waals surface area (Å²) in [5.74, 6) is 0.381. The molecule has 6 nitrogen and oxygen atoms in total. The molecule has 0 bridgehead atoms. The molecule has 0 saturated carbocycles. The van der Waals surface area contributed by atoms with Crippen molar-refractivity contribution in [3.05, 3.63) is 50.9 Å². The number of benzene rings is 2. The van der Waals surface area contributed by atoms with Crippen molar-refractivity contribution in [2.75, 3.05) is 7.11 Å². The number of halogens is 1. The van der Waals surface area contributed by atoms with E-state index in [0.29, 0.717) is 32.5 Å². The summed E-state index contributed by atoms with van der Waals surface area (Å²) < 4.78 is 5.78. The zero-order chi connectivity index (χ0) is 15.7. The molecular formula is C15H12BrN3O3. The Morgan fingerprint density at radius 1 is 1.23 bits per heavy atom. The van der Waals surface area contributed by atoms with Gasteiger partial charge in [-0.3, -0.25) is 4.99 Å². The molecule has 0 unspecified atom stereocenters. The number of phenols is 1. The Labute approximate surface area is 133 Å². The quantitative estimate of drug-likeness (QED) is 0.626. The number of methoxy groups -OCH3 is 1. The third-order valence-corrected chi connectivity index (χ3v) is 3.88. The maximum atomic E-state index is 11.2. The summed E-state index contributed by atoms with van der Waals surface area (Å²) in [6, 6.07) is 8.71. The standard InChI is InChI=1S/C15H12BrN3O3/c1-22-13-5-3-10(16)9(14(13)20)7-17-8-2-4-11-12(6-8)19-15(21)18-11/h2-7,20H,1H3,(H2,18,19,21). The lowest BCUT2D eigenvalue weighted by atomic mass is 10.2. The van der Waals surface area contributed by atoms with Crippen molar-refractivity contribution < 1.29 is 9.84 Å². The number of aromatic hydroxyl groups is 1. The van der Waals surface area contributed by atoms with Gasteiger partial charge in [0.15, 0.2) is 11.5 Å².